The summed E-state index contributed by atoms with van der Waals surface area (Å²) < 4.78 is 38.5. The zero-order chi connectivity index (χ0) is 20.4. The van der Waals surface area contributed by atoms with Gasteiger partial charge >= 0.3 is 6.18 Å². The van der Waals surface area contributed by atoms with Crippen molar-refractivity contribution in [1.29, 1.82) is 0 Å². The maximum absolute atomic E-state index is 13.1. The van der Waals surface area contributed by atoms with E-state index in [1.165, 1.54) is 12.1 Å². The Hall–Kier alpha value is -2.57. The van der Waals surface area contributed by atoms with Crippen molar-refractivity contribution in [3.63, 3.8) is 0 Å². The lowest BCUT2D eigenvalue weighted by molar-refractivity contribution is -0.137. The van der Waals surface area contributed by atoms with Crippen LogP contribution in [-0.4, -0.2) is 41.5 Å². The van der Waals surface area contributed by atoms with Crippen LogP contribution in [0.2, 0.25) is 0 Å². The molecule has 4 nitrogen and oxygen atoms in total. The van der Waals surface area contributed by atoms with Gasteiger partial charge in [-0.05, 0) is 62.1 Å². The Morgan fingerprint density at radius 2 is 1.69 bits per heavy atom. The number of piperidine rings is 1. The highest BCUT2D eigenvalue weighted by Crippen LogP contribution is 2.33. The maximum Gasteiger partial charge on any atom is 0.416 e. The summed E-state index contributed by atoms with van der Waals surface area (Å²) >= 11 is 0. The van der Waals surface area contributed by atoms with E-state index in [2.05, 4.69) is 4.98 Å². The molecule has 1 amide bonds. The number of likely N-dealkylation sites (tertiary alicyclic amines) is 1. The van der Waals surface area contributed by atoms with Crippen LogP contribution in [0.4, 0.5) is 18.9 Å². The third kappa shape index (κ3) is 4.23. The van der Waals surface area contributed by atoms with Crippen LogP contribution >= 0.6 is 0 Å². The van der Waals surface area contributed by atoms with Gasteiger partial charge in [-0.25, -0.2) is 0 Å². The molecule has 2 fully saturated rings. The molecular weight excluding hydrogens is 379 g/mol. The molecule has 2 aromatic rings. The number of hydrogen-bond donors (Lipinski definition) is 0. The van der Waals surface area contributed by atoms with Gasteiger partial charge in [-0.15, -0.1) is 0 Å². The number of anilines is 1. The standard InChI is InChI=1S/C22H24F3N3O/c23-22(24,25)17-6-8-18(9-7-17)28-13-3-5-20(28)21(29)27-14-10-16(11-15-27)19-4-1-2-12-26-19/h1-2,4,6-9,12,16,20H,3,5,10-11,13-15H2/t20-/m1/s1. The molecule has 0 spiro atoms. The smallest absolute Gasteiger partial charge is 0.360 e. The number of carbonyl (C=O) groups is 1. The number of carbonyl (C=O) groups excluding carboxylic acids is 1. The lowest BCUT2D eigenvalue weighted by Gasteiger charge is -2.36. The molecule has 0 aliphatic carbocycles. The van der Waals surface area contributed by atoms with Gasteiger partial charge in [0.2, 0.25) is 5.91 Å². The predicted molar refractivity (Wildman–Crippen MR) is 105 cm³/mol. The third-order valence-electron chi connectivity index (χ3n) is 5.98. The minimum absolute atomic E-state index is 0.0851. The molecule has 0 N–H and O–H groups in total. The van der Waals surface area contributed by atoms with Crippen LogP contribution in [0.3, 0.4) is 0 Å². The molecule has 1 aromatic carbocycles. The van der Waals surface area contributed by atoms with Gasteiger partial charge in [-0.1, -0.05) is 6.07 Å². The van der Waals surface area contributed by atoms with E-state index in [0.29, 0.717) is 31.2 Å². The van der Waals surface area contributed by atoms with E-state index in [-0.39, 0.29) is 11.9 Å². The summed E-state index contributed by atoms with van der Waals surface area (Å²) in [6.45, 7) is 2.07. The lowest BCUT2D eigenvalue weighted by atomic mass is 9.92. The lowest BCUT2D eigenvalue weighted by Crippen LogP contribution is -2.48. The summed E-state index contributed by atoms with van der Waals surface area (Å²) in [5.74, 6) is 0.455. The molecular formula is C22H24F3N3O. The Balaban J connectivity index is 1.41. The monoisotopic (exact) mass is 403 g/mol. The molecule has 0 radical (unpaired) electrons. The van der Waals surface area contributed by atoms with Crippen molar-refractivity contribution in [2.24, 2.45) is 0 Å². The molecule has 154 valence electrons. The van der Waals surface area contributed by atoms with Crippen molar-refractivity contribution < 1.29 is 18.0 Å². The van der Waals surface area contributed by atoms with Crippen molar-refractivity contribution in [2.75, 3.05) is 24.5 Å². The molecule has 0 bridgehead atoms. The predicted octanol–water partition coefficient (Wildman–Crippen LogP) is 4.48. The minimum Gasteiger partial charge on any atom is -0.360 e. The highest BCUT2D eigenvalue weighted by atomic mass is 19.4. The first-order chi connectivity index (χ1) is 13.9. The number of aromatic nitrogens is 1. The SMILES string of the molecule is O=C([C@H]1CCCN1c1ccc(C(F)(F)F)cc1)N1CCC(c2ccccn2)CC1. The average Bonchev–Trinajstić information content (AvgIpc) is 3.23. The summed E-state index contributed by atoms with van der Waals surface area (Å²) in [5, 5.41) is 0. The van der Waals surface area contributed by atoms with Crippen LogP contribution in [0.15, 0.2) is 48.7 Å². The fourth-order valence-corrected chi connectivity index (χ4v) is 4.40. The Labute approximate surface area is 168 Å². The first kappa shape index (κ1) is 19.7. The zero-order valence-corrected chi connectivity index (χ0v) is 16.1. The summed E-state index contributed by atoms with van der Waals surface area (Å²) in [4.78, 5) is 21.4. The Bertz CT molecular complexity index is 831. The molecule has 29 heavy (non-hydrogen) atoms. The van der Waals surface area contributed by atoms with Gasteiger partial charge in [-0.3, -0.25) is 9.78 Å². The second-order valence-electron chi connectivity index (χ2n) is 7.75. The molecule has 0 unspecified atom stereocenters. The summed E-state index contributed by atoms with van der Waals surface area (Å²) in [7, 11) is 0. The zero-order valence-electron chi connectivity index (χ0n) is 16.1. The number of nitrogens with zero attached hydrogens (tertiary/aromatic N) is 3. The molecule has 2 saturated heterocycles. The molecule has 2 aliphatic rings. The highest BCUT2D eigenvalue weighted by molar-refractivity contribution is 5.86. The number of halogens is 3. The van der Waals surface area contributed by atoms with Crippen LogP contribution in [0.1, 0.15) is 42.9 Å². The van der Waals surface area contributed by atoms with Gasteiger partial charge in [0.25, 0.3) is 0 Å². The van der Waals surface area contributed by atoms with Gasteiger partial charge in [-0.2, -0.15) is 13.2 Å². The fourth-order valence-electron chi connectivity index (χ4n) is 4.40. The summed E-state index contributed by atoms with van der Waals surface area (Å²) in [5.41, 5.74) is 1.09. The molecule has 3 heterocycles. The number of benzene rings is 1. The van der Waals surface area contributed by atoms with E-state index in [4.69, 9.17) is 0 Å². The van der Waals surface area contributed by atoms with Crippen molar-refractivity contribution in [3.05, 3.63) is 59.9 Å². The Morgan fingerprint density at radius 1 is 0.966 bits per heavy atom. The first-order valence-electron chi connectivity index (χ1n) is 10.1. The van der Waals surface area contributed by atoms with E-state index in [0.717, 1.165) is 43.5 Å². The summed E-state index contributed by atoms with van der Waals surface area (Å²) in [6, 6.07) is 10.8. The number of hydrogen-bond acceptors (Lipinski definition) is 3. The van der Waals surface area contributed by atoms with Gasteiger partial charge in [0, 0.05) is 43.1 Å². The van der Waals surface area contributed by atoms with Crippen molar-refractivity contribution in [3.8, 4) is 0 Å². The largest absolute Gasteiger partial charge is 0.416 e. The van der Waals surface area contributed by atoms with E-state index in [9.17, 15) is 18.0 Å². The average molecular weight is 403 g/mol. The second kappa shape index (κ2) is 8.05. The fraction of sp³-hybridized carbons (Fsp3) is 0.455. The van der Waals surface area contributed by atoms with Gasteiger partial charge in [0.15, 0.2) is 0 Å². The van der Waals surface area contributed by atoms with Crippen molar-refractivity contribution in [2.45, 2.75) is 43.8 Å². The number of amides is 1. The van der Waals surface area contributed by atoms with Gasteiger partial charge < -0.3 is 9.80 Å². The van der Waals surface area contributed by atoms with Crippen molar-refractivity contribution >= 4 is 11.6 Å². The number of pyridine rings is 1. The van der Waals surface area contributed by atoms with E-state index >= 15 is 0 Å². The topological polar surface area (TPSA) is 36.4 Å². The van der Waals surface area contributed by atoms with Crippen LogP contribution < -0.4 is 4.90 Å². The molecule has 1 atom stereocenters. The molecule has 2 aliphatic heterocycles. The van der Waals surface area contributed by atoms with Crippen LogP contribution in [0.25, 0.3) is 0 Å². The molecule has 4 rings (SSSR count). The number of rotatable bonds is 3. The first-order valence-corrected chi connectivity index (χ1v) is 10.1. The molecule has 0 saturated carbocycles. The Kier molecular flexibility index (Phi) is 5.48. The van der Waals surface area contributed by atoms with E-state index < -0.39 is 11.7 Å². The van der Waals surface area contributed by atoms with Crippen molar-refractivity contribution in [1.82, 2.24) is 9.88 Å². The van der Waals surface area contributed by atoms with E-state index in [1.807, 2.05) is 28.0 Å². The minimum atomic E-state index is -4.35. The van der Waals surface area contributed by atoms with E-state index in [1.54, 1.807) is 6.20 Å². The highest BCUT2D eigenvalue weighted by Gasteiger charge is 2.36. The summed E-state index contributed by atoms with van der Waals surface area (Å²) in [6.07, 6.45) is 0.817. The second-order valence-corrected chi connectivity index (χ2v) is 7.75. The van der Waals surface area contributed by atoms with Gasteiger partial charge in [0.05, 0.1) is 5.56 Å². The van der Waals surface area contributed by atoms with Crippen LogP contribution in [-0.2, 0) is 11.0 Å². The van der Waals surface area contributed by atoms with Crippen LogP contribution in [0, 0.1) is 0 Å². The van der Waals surface area contributed by atoms with Crippen LogP contribution in [0.5, 0.6) is 0 Å². The molecule has 1 aromatic heterocycles. The molecule has 7 heteroatoms. The maximum atomic E-state index is 13.1. The van der Waals surface area contributed by atoms with Gasteiger partial charge in [0.1, 0.15) is 6.04 Å². The third-order valence-corrected chi connectivity index (χ3v) is 5.98. The number of alkyl halides is 3. The normalized spacial score (nSPS) is 20.9. The Morgan fingerprint density at radius 3 is 2.31 bits per heavy atom. The quantitative estimate of drug-likeness (QED) is 0.759.